The summed E-state index contributed by atoms with van der Waals surface area (Å²) < 4.78 is 2.62. The molecular formula is C35H25N3S. The second-order valence-corrected chi connectivity index (χ2v) is 11.2. The molecule has 0 radical (unpaired) electrons. The highest BCUT2D eigenvalue weighted by molar-refractivity contribution is 7.25. The van der Waals surface area contributed by atoms with Gasteiger partial charge in [-0.3, -0.25) is 5.32 Å². The van der Waals surface area contributed by atoms with Gasteiger partial charge in [0.1, 0.15) is 18.2 Å². The first-order chi connectivity index (χ1) is 19.3. The van der Waals surface area contributed by atoms with E-state index in [2.05, 4.69) is 138 Å². The van der Waals surface area contributed by atoms with Crippen LogP contribution < -0.4 is 10.6 Å². The molecule has 0 bridgehead atoms. The summed E-state index contributed by atoms with van der Waals surface area (Å²) in [5.41, 5.74) is 3.45. The Labute approximate surface area is 230 Å². The van der Waals surface area contributed by atoms with Crippen molar-refractivity contribution < 1.29 is 0 Å². The standard InChI is InChI=1S/C35H25N3S/c1-3-9-24-19-26(15-13-22(24)7-1)33-36-34(27-16-14-23-8-2-4-10-25(23)20-27)38-35(37-33)28-17-18-30-29-11-5-6-12-31(29)39-32(30)21-28/h1-21,33,35,37H,(H,36,38). The van der Waals surface area contributed by atoms with Crippen molar-refractivity contribution in [2.24, 2.45) is 4.99 Å². The van der Waals surface area contributed by atoms with Crippen molar-refractivity contribution in [1.82, 2.24) is 10.6 Å². The molecule has 1 aromatic heterocycles. The maximum absolute atomic E-state index is 5.21. The molecule has 0 aliphatic carbocycles. The maximum Gasteiger partial charge on any atom is 0.131 e. The van der Waals surface area contributed by atoms with Gasteiger partial charge in [0.05, 0.1) is 0 Å². The number of aliphatic imine (C=N–C) groups is 1. The number of hydrogen-bond acceptors (Lipinski definition) is 4. The molecule has 8 rings (SSSR count). The van der Waals surface area contributed by atoms with E-state index >= 15 is 0 Å². The molecular weight excluding hydrogens is 494 g/mol. The first-order valence-electron chi connectivity index (χ1n) is 13.3. The molecule has 2 atom stereocenters. The molecule has 2 N–H and O–H groups in total. The van der Waals surface area contributed by atoms with E-state index in [1.54, 1.807) is 0 Å². The highest BCUT2D eigenvalue weighted by Gasteiger charge is 2.26. The molecule has 2 unspecified atom stereocenters. The van der Waals surface area contributed by atoms with Crippen molar-refractivity contribution >= 4 is 58.9 Å². The Balaban J connectivity index is 1.24. The van der Waals surface area contributed by atoms with Crippen LogP contribution in [0.3, 0.4) is 0 Å². The van der Waals surface area contributed by atoms with Crippen LogP contribution in [0.25, 0.3) is 41.7 Å². The van der Waals surface area contributed by atoms with Crippen LogP contribution in [0.5, 0.6) is 0 Å². The lowest BCUT2D eigenvalue weighted by Gasteiger charge is -2.32. The summed E-state index contributed by atoms with van der Waals surface area (Å²) in [7, 11) is 0. The van der Waals surface area contributed by atoms with Crippen LogP contribution in [-0.4, -0.2) is 5.84 Å². The monoisotopic (exact) mass is 519 g/mol. The van der Waals surface area contributed by atoms with Gasteiger partial charge in [-0.05, 0) is 56.9 Å². The lowest BCUT2D eigenvalue weighted by atomic mass is 10.0. The number of thiophene rings is 1. The van der Waals surface area contributed by atoms with Crippen LogP contribution in [0.2, 0.25) is 0 Å². The lowest BCUT2D eigenvalue weighted by Crippen LogP contribution is -2.44. The Hall–Kier alpha value is -4.51. The molecule has 0 amide bonds. The third-order valence-electron chi connectivity index (χ3n) is 7.71. The van der Waals surface area contributed by atoms with Crippen molar-refractivity contribution in [2.45, 2.75) is 12.3 Å². The fourth-order valence-electron chi connectivity index (χ4n) is 5.68. The highest BCUT2D eigenvalue weighted by atomic mass is 32.1. The van der Waals surface area contributed by atoms with Gasteiger partial charge >= 0.3 is 0 Å². The minimum atomic E-state index is -0.180. The molecule has 2 heterocycles. The van der Waals surface area contributed by atoms with E-state index in [0.717, 1.165) is 17.0 Å². The number of nitrogens with one attached hydrogen (secondary N) is 2. The second-order valence-electron chi connectivity index (χ2n) is 10.1. The van der Waals surface area contributed by atoms with Crippen molar-refractivity contribution in [3.05, 3.63) is 144 Å². The second kappa shape index (κ2) is 9.05. The zero-order valence-electron chi connectivity index (χ0n) is 21.1. The van der Waals surface area contributed by atoms with Crippen molar-refractivity contribution in [3.8, 4) is 0 Å². The van der Waals surface area contributed by atoms with Crippen LogP contribution in [-0.2, 0) is 0 Å². The summed E-state index contributed by atoms with van der Waals surface area (Å²) in [4.78, 5) is 5.21. The number of hydrogen-bond donors (Lipinski definition) is 2. The number of rotatable bonds is 3. The fraction of sp³-hybridized carbons (Fsp3) is 0.0571. The molecule has 6 aromatic carbocycles. The molecule has 0 fully saturated rings. The number of benzene rings is 6. The summed E-state index contributed by atoms with van der Waals surface area (Å²) in [5.74, 6) is 0.902. The first kappa shape index (κ1) is 22.5. The van der Waals surface area contributed by atoms with Gasteiger partial charge in [-0.1, -0.05) is 103 Å². The van der Waals surface area contributed by atoms with Crippen LogP contribution in [0.1, 0.15) is 29.0 Å². The van der Waals surface area contributed by atoms with Crippen LogP contribution in [0.4, 0.5) is 0 Å². The number of nitrogens with zero attached hydrogens (tertiary/aromatic N) is 1. The Morgan fingerprint density at radius 2 is 1.21 bits per heavy atom. The summed E-state index contributed by atoms with van der Waals surface area (Å²) in [5, 5.41) is 15.1. The van der Waals surface area contributed by atoms with Crippen LogP contribution in [0, 0.1) is 0 Å². The van der Waals surface area contributed by atoms with Gasteiger partial charge in [0, 0.05) is 25.7 Å². The smallest absolute Gasteiger partial charge is 0.131 e. The van der Waals surface area contributed by atoms with Gasteiger partial charge in [-0.15, -0.1) is 11.3 Å². The minimum Gasteiger partial charge on any atom is -0.350 e. The largest absolute Gasteiger partial charge is 0.350 e. The Bertz CT molecular complexity index is 2050. The van der Waals surface area contributed by atoms with Gasteiger partial charge in [-0.25, -0.2) is 4.99 Å². The average molecular weight is 520 g/mol. The van der Waals surface area contributed by atoms with E-state index in [9.17, 15) is 0 Å². The zero-order chi connectivity index (χ0) is 25.8. The normalized spacial score (nSPS) is 17.5. The lowest BCUT2D eigenvalue weighted by molar-refractivity contribution is 0.409. The topological polar surface area (TPSA) is 36.4 Å². The maximum atomic E-state index is 5.21. The van der Waals surface area contributed by atoms with Gasteiger partial charge in [-0.2, -0.15) is 0 Å². The third-order valence-corrected chi connectivity index (χ3v) is 8.85. The number of amidine groups is 1. The molecule has 0 spiro atoms. The molecule has 7 aromatic rings. The molecule has 1 aliphatic heterocycles. The van der Waals surface area contributed by atoms with Crippen molar-refractivity contribution in [2.75, 3.05) is 0 Å². The SMILES string of the molecule is c1ccc2cc(C3=NC(c4ccc5ccccc5c4)NC(c4ccc5c(c4)sc4ccccc45)N3)ccc2c1. The van der Waals surface area contributed by atoms with E-state index in [1.165, 1.54) is 47.3 Å². The Morgan fingerprint density at radius 3 is 2.05 bits per heavy atom. The van der Waals surface area contributed by atoms with Crippen LogP contribution in [0.15, 0.2) is 132 Å². The first-order valence-corrected chi connectivity index (χ1v) is 14.1. The molecule has 39 heavy (non-hydrogen) atoms. The van der Waals surface area contributed by atoms with Crippen LogP contribution >= 0.6 is 11.3 Å². The summed E-state index contributed by atoms with van der Waals surface area (Å²) in [6.07, 6.45) is -0.268. The molecule has 0 saturated carbocycles. The molecule has 0 saturated heterocycles. The van der Waals surface area contributed by atoms with E-state index in [1.807, 2.05) is 11.3 Å². The Kier molecular flexibility index (Phi) is 5.22. The fourth-order valence-corrected chi connectivity index (χ4v) is 6.84. The predicted molar refractivity (Wildman–Crippen MR) is 166 cm³/mol. The highest BCUT2D eigenvalue weighted by Crippen LogP contribution is 2.36. The molecule has 3 nitrogen and oxygen atoms in total. The molecule has 186 valence electrons. The van der Waals surface area contributed by atoms with Gasteiger partial charge in [0.15, 0.2) is 0 Å². The van der Waals surface area contributed by atoms with Gasteiger partial charge < -0.3 is 5.32 Å². The van der Waals surface area contributed by atoms with Crippen molar-refractivity contribution in [3.63, 3.8) is 0 Å². The average Bonchev–Trinajstić information content (AvgIpc) is 3.38. The van der Waals surface area contributed by atoms with E-state index in [0.29, 0.717) is 0 Å². The zero-order valence-corrected chi connectivity index (χ0v) is 22.0. The third kappa shape index (κ3) is 3.97. The summed E-state index contributed by atoms with van der Waals surface area (Å²) in [6, 6.07) is 45.7. The summed E-state index contributed by atoms with van der Waals surface area (Å²) >= 11 is 1.85. The number of fused-ring (bicyclic) bond motifs is 5. The Morgan fingerprint density at radius 1 is 0.538 bits per heavy atom. The van der Waals surface area contributed by atoms with Crippen molar-refractivity contribution in [1.29, 1.82) is 0 Å². The predicted octanol–water partition coefficient (Wildman–Crippen LogP) is 8.70. The minimum absolute atomic E-state index is 0.0879. The molecule has 1 aliphatic rings. The molecule has 4 heteroatoms. The van der Waals surface area contributed by atoms with E-state index in [4.69, 9.17) is 4.99 Å². The van der Waals surface area contributed by atoms with E-state index in [-0.39, 0.29) is 12.3 Å². The quantitative estimate of drug-likeness (QED) is 0.245. The van der Waals surface area contributed by atoms with Gasteiger partial charge in [0.2, 0.25) is 0 Å². The van der Waals surface area contributed by atoms with E-state index < -0.39 is 0 Å². The summed E-state index contributed by atoms with van der Waals surface area (Å²) in [6.45, 7) is 0. The van der Waals surface area contributed by atoms with Gasteiger partial charge in [0.25, 0.3) is 0 Å².